The lowest BCUT2D eigenvalue weighted by Gasteiger charge is -2.39. The van der Waals surface area contributed by atoms with E-state index in [2.05, 4.69) is 0 Å². The largest absolute Gasteiger partial charge is 0.461 e. The van der Waals surface area contributed by atoms with Crippen LogP contribution >= 0.6 is 11.6 Å². The van der Waals surface area contributed by atoms with Crippen LogP contribution in [0.1, 0.15) is 20.3 Å². The standard InChI is InChI=1S/C25H27ClN2O6/c1-3-24-10-5-13-33-23(32)19(24)18-21(30)28(15(2)14-29)20-22(31)27(12-4-11-25(18,20)34-24)17-8-6-16(26)7-9-17/h4-11,15,18-20,29H,3,12-14H2,1-2H3/t15-,18+,19+,20?,24-,25+/m1/s1. The summed E-state index contributed by atoms with van der Waals surface area (Å²) in [7, 11) is 0. The fourth-order valence-corrected chi connectivity index (χ4v) is 6.08. The maximum Gasteiger partial charge on any atom is 0.313 e. The monoisotopic (exact) mass is 486 g/mol. The molecule has 0 bridgehead atoms. The Labute approximate surface area is 202 Å². The van der Waals surface area contributed by atoms with E-state index >= 15 is 0 Å². The van der Waals surface area contributed by atoms with Crippen LogP contribution < -0.4 is 4.90 Å². The van der Waals surface area contributed by atoms with Crippen LogP contribution in [0.3, 0.4) is 0 Å². The van der Waals surface area contributed by atoms with Gasteiger partial charge in [0.25, 0.3) is 5.91 Å². The van der Waals surface area contributed by atoms with Crippen molar-refractivity contribution in [1.29, 1.82) is 0 Å². The van der Waals surface area contributed by atoms with Gasteiger partial charge in [0, 0.05) is 17.3 Å². The molecule has 2 saturated heterocycles. The quantitative estimate of drug-likeness (QED) is 0.517. The minimum Gasteiger partial charge on any atom is -0.461 e. The molecule has 2 fully saturated rings. The maximum absolute atomic E-state index is 14.1. The van der Waals surface area contributed by atoms with Crippen molar-refractivity contribution in [3.05, 3.63) is 53.6 Å². The zero-order chi connectivity index (χ0) is 24.3. The number of likely N-dealkylation sites (tertiary alicyclic amines) is 1. The van der Waals surface area contributed by atoms with Gasteiger partial charge in [-0.3, -0.25) is 14.4 Å². The van der Waals surface area contributed by atoms with Crippen molar-refractivity contribution in [2.45, 2.75) is 43.6 Å². The number of hydrogen-bond donors (Lipinski definition) is 1. The van der Waals surface area contributed by atoms with Gasteiger partial charge >= 0.3 is 5.97 Å². The molecule has 1 N–H and O–H groups in total. The molecule has 8 nitrogen and oxygen atoms in total. The Balaban J connectivity index is 1.68. The number of ether oxygens (including phenoxy) is 2. The molecule has 1 spiro atoms. The number of fused-ring (bicyclic) bond motifs is 2. The number of cyclic esters (lactones) is 1. The van der Waals surface area contributed by atoms with E-state index in [0.717, 1.165) is 0 Å². The topological polar surface area (TPSA) is 96.4 Å². The Morgan fingerprint density at radius 1 is 1.12 bits per heavy atom. The Bertz CT molecular complexity index is 1090. The molecule has 9 heteroatoms. The molecular weight excluding hydrogens is 460 g/mol. The number of nitrogens with zero attached hydrogens (tertiary/aromatic N) is 2. The lowest BCUT2D eigenvalue weighted by atomic mass is 9.73. The third-order valence-electron chi connectivity index (χ3n) is 7.51. The zero-order valence-corrected chi connectivity index (χ0v) is 19.8. The van der Waals surface area contributed by atoms with Gasteiger partial charge in [0.1, 0.15) is 29.8 Å². The number of aliphatic hydroxyl groups excluding tert-OH is 1. The van der Waals surface area contributed by atoms with Crippen molar-refractivity contribution in [3.63, 3.8) is 0 Å². The number of anilines is 1. The normalized spacial score (nSPS) is 35.4. The minimum absolute atomic E-state index is 0.105. The van der Waals surface area contributed by atoms with Gasteiger partial charge in [0.05, 0.1) is 18.6 Å². The van der Waals surface area contributed by atoms with Crippen LogP contribution in [0.25, 0.3) is 0 Å². The first kappa shape index (κ1) is 23.1. The lowest BCUT2D eigenvalue weighted by molar-refractivity contribution is -0.158. The molecule has 4 aliphatic heterocycles. The summed E-state index contributed by atoms with van der Waals surface area (Å²) in [6, 6.07) is 5.17. The second kappa shape index (κ2) is 8.22. The average Bonchev–Trinajstić information content (AvgIpc) is 3.12. The Kier molecular flexibility index (Phi) is 5.58. The summed E-state index contributed by atoms with van der Waals surface area (Å²) in [6.45, 7) is 3.60. The van der Waals surface area contributed by atoms with Crippen molar-refractivity contribution < 1.29 is 29.0 Å². The van der Waals surface area contributed by atoms with Gasteiger partial charge in [-0.1, -0.05) is 36.8 Å². The summed E-state index contributed by atoms with van der Waals surface area (Å²) >= 11 is 6.04. The van der Waals surface area contributed by atoms with E-state index in [9.17, 15) is 19.5 Å². The Morgan fingerprint density at radius 2 is 1.85 bits per heavy atom. The zero-order valence-electron chi connectivity index (χ0n) is 19.0. The predicted octanol–water partition coefficient (Wildman–Crippen LogP) is 2.10. The average molecular weight is 487 g/mol. The molecule has 34 heavy (non-hydrogen) atoms. The molecule has 4 heterocycles. The van der Waals surface area contributed by atoms with Crippen molar-refractivity contribution >= 4 is 35.1 Å². The number of esters is 1. The number of hydrogen-bond acceptors (Lipinski definition) is 6. The molecule has 0 aromatic heterocycles. The molecule has 6 atom stereocenters. The van der Waals surface area contributed by atoms with Gasteiger partial charge in [-0.15, -0.1) is 0 Å². The molecule has 0 aliphatic carbocycles. The second-order valence-corrected chi connectivity index (χ2v) is 9.70. The van der Waals surface area contributed by atoms with Crippen molar-refractivity contribution in [2.24, 2.45) is 11.8 Å². The first-order valence-electron chi connectivity index (χ1n) is 11.5. The van der Waals surface area contributed by atoms with E-state index in [4.69, 9.17) is 21.1 Å². The van der Waals surface area contributed by atoms with E-state index in [0.29, 0.717) is 17.1 Å². The van der Waals surface area contributed by atoms with E-state index in [-0.39, 0.29) is 25.7 Å². The highest BCUT2D eigenvalue weighted by molar-refractivity contribution is 6.30. The summed E-state index contributed by atoms with van der Waals surface area (Å²) in [5.74, 6) is -3.11. The predicted molar refractivity (Wildman–Crippen MR) is 124 cm³/mol. The minimum atomic E-state index is -1.37. The van der Waals surface area contributed by atoms with E-state index < -0.39 is 47.0 Å². The summed E-state index contributed by atoms with van der Waals surface area (Å²) in [6.07, 6.45) is 7.55. The summed E-state index contributed by atoms with van der Waals surface area (Å²) in [5, 5.41) is 10.5. The molecule has 0 saturated carbocycles. The first-order valence-corrected chi connectivity index (χ1v) is 11.9. The number of carbonyl (C=O) groups excluding carboxylic acids is 3. The maximum atomic E-state index is 14.1. The van der Waals surface area contributed by atoms with Crippen LogP contribution in [0.4, 0.5) is 5.69 Å². The SMILES string of the molecule is CC[C@@]12C=CCOC(=O)[C@@H]1[C@H]1C(=O)N([C@H](C)CO)C3C(=O)N(c4ccc(Cl)cc4)CC=C[C@@]31O2. The molecule has 4 aliphatic rings. The van der Waals surface area contributed by atoms with Crippen molar-refractivity contribution in [1.82, 2.24) is 4.90 Å². The van der Waals surface area contributed by atoms with Crippen LogP contribution in [0, 0.1) is 11.8 Å². The molecule has 2 amide bonds. The second-order valence-electron chi connectivity index (χ2n) is 9.26. The molecule has 1 aromatic carbocycles. The van der Waals surface area contributed by atoms with Gasteiger partial charge in [0.15, 0.2) is 0 Å². The number of amides is 2. The highest BCUT2D eigenvalue weighted by Crippen LogP contribution is 2.58. The molecular formula is C25H27ClN2O6. The van der Waals surface area contributed by atoms with E-state index in [1.807, 2.05) is 13.0 Å². The highest BCUT2D eigenvalue weighted by Gasteiger charge is 2.75. The third-order valence-corrected chi connectivity index (χ3v) is 7.76. The molecule has 180 valence electrons. The van der Waals surface area contributed by atoms with Gasteiger partial charge in [0.2, 0.25) is 5.91 Å². The van der Waals surface area contributed by atoms with Crippen LogP contribution in [0.2, 0.25) is 5.02 Å². The van der Waals surface area contributed by atoms with Crippen molar-refractivity contribution in [3.8, 4) is 0 Å². The number of rotatable bonds is 4. The van der Waals surface area contributed by atoms with Gasteiger partial charge in [-0.25, -0.2) is 0 Å². The van der Waals surface area contributed by atoms with E-state index in [1.165, 1.54) is 4.90 Å². The lowest BCUT2D eigenvalue weighted by Crippen LogP contribution is -2.58. The fraction of sp³-hybridized carbons (Fsp3) is 0.480. The number of benzene rings is 1. The summed E-state index contributed by atoms with van der Waals surface area (Å²) in [5.41, 5.74) is -1.82. The van der Waals surface area contributed by atoms with Gasteiger partial charge < -0.3 is 24.4 Å². The number of aliphatic hydroxyl groups is 1. The van der Waals surface area contributed by atoms with Crippen molar-refractivity contribution in [2.75, 3.05) is 24.7 Å². The van der Waals surface area contributed by atoms with E-state index in [1.54, 1.807) is 54.3 Å². The summed E-state index contributed by atoms with van der Waals surface area (Å²) < 4.78 is 12.1. The number of halogens is 1. The highest BCUT2D eigenvalue weighted by atomic mass is 35.5. The first-order chi connectivity index (χ1) is 16.3. The Hall–Kier alpha value is -2.68. The van der Waals surface area contributed by atoms with Crippen LogP contribution in [-0.2, 0) is 23.9 Å². The number of carbonyl (C=O) groups is 3. The molecule has 1 aromatic rings. The van der Waals surface area contributed by atoms with Crippen LogP contribution in [-0.4, -0.2) is 70.8 Å². The fourth-order valence-electron chi connectivity index (χ4n) is 5.95. The molecule has 5 rings (SSSR count). The third kappa shape index (κ3) is 3.08. The Morgan fingerprint density at radius 3 is 2.53 bits per heavy atom. The molecule has 1 unspecified atom stereocenters. The van der Waals surface area contributed by atoms with Crippen LogP contribution in [0.15, 0.2) is 48.6 Å². The van der Waals surface area contributed by atoms with Crippen LogP contribution in [0.5, 0.6) is 0 Å². The summed E-state index contributed by atoms with van der Waals surface area (Å²) in [4.78, 5) is 44.2. The van der Waals surface area contributed by atoms with Gasteiger partial charge in [-0.2, -0.15) is 0 Å². The van der Waals surface area contributed by atoms with Gasteiger partial charge in [-0.05, 0) is 43.7 Å². The molecule has 0 radical (unpaired) electrons. The smallest absolute Gasteiger partial charge is 0.313 e.